The summed E-state index contributed by atoms with van der Waals surface area (Å²) < 4.78 is 27.0. The maximum atomic E-state index is 12.2. The number of aliphatic hydroxyl groups excluding tert-OH is 1. The van der Waals surface area contributed by atoms with Gasteiger partial charge in [0.25, 0.3) is 0 Å². The summed E-state index contributed by atoms with van der Waals surface area (Å²) in [5.74, 6) is 0.0111. The molecule has 1 aromatic carbocycles. The van der Waals surface area contributed by atoms with Crippen molar-refractivity contribution in [3.8, 4) is 0 Å². The third kappa shape index (κ3) is 3.31. The van der Waals surface area contributed by atoms with Gasteiger partial charge in [0.15, 0.2) is 0 Å². The van der Waals surface area contributed by atoms with Gasteiger partial charge in [-0.1, -0.05) is 19.4 Å². The molecule has 6 heteroatoms. The van der Waals surface area contributed by atoms with Crippen LogP contribution in [0, 0.1) is 5.92 Å². The highest BCUT2D eigenvalue weighted by molar-refractivity contribution is 7.89. The molecule has 0 aromatic heterocycles. The fourth-order valence-electron chi connectivity index (χ4n) is 2.62. The van der Waals surface area contributed by atoms with Crippen LogP contribution in [0.5, 0.6) is 0 Å². The van der Waals surface area contributed by atoms with E-state index in [4.69, 9.17) is 5.73 Å². The maximum Gasteiger partial charge on any atom is 0.240 e. The fraction of sp³-hybridized carbons (Fsp3) is 0.571. The number of hydrogen-bond acceptors (Lipinski definition) is 4. The summed E-state index contributed by atoms with van der Waals surface area (Å²) in [6.07, 6.45) is 2.94. The predicted molar refractivity (Wildman–Crippen MR) is 78.8 cm³/mol. The van der Waals surface area contributed by atoms with E-state index in [1.807, 2.05) is 6.92 Å². The molecule has 2 atom stereocenters. The molecule has 0 heterocycles. The van der Waals surface area contributed by atoms with Crippen LogP contribution in [-0.4, -0.2) is 26.2 Å². The second-order valence-electron chi connectivity index (χ2n) is 5.32. The minimum atomic E-state index is -3.56. The van der Waals surface area contributed by atoms with E-state index in [1.165, 1.54) is 6.07 Å². The molecule has 0 aliphatic heterocycles. The van der Waals surface area contributed by atoms with Gasteiger partial charge >= 0.3 is 0 Å². The Hall–Kier alpha value is -1.11. The average molecular weight is 298 g/mol. The van der Waals surface area contributed by atoms with Crippen LogP contribution in [0.4, 0.5) is 5.69 Å². The lowest BCUT2D eigenvalue weighted by Gasteiger charge is -2.15. The Morgan fingerprint density at radius 1 is 1.40 bits per heavy atom. The van der Waals surface area contributed by atoms with Crippen molar-refractivity contribution in [1.29, 1.82) is 0 Å². The Balaban J connectivity index is 2.08. The smallest absolute Gasteiger partial charge is 0.240 e. The second kappa shape index (κ2) is 6.11. The van der Waals surface area contributed by atoms with Gasteiger partial charge in [0, 0.05) is 12.2 Å². The van der Waals surface area contributed by atoms with E-state index >= 15 is 0 Å². The van der Waals surface area contributed by atoms with Crippen molar-refractivity contribution in [1.82, 2.24) is 4.72 Å². The first-order valence-electron chi connectivity index (χ1n) is 7.00. The zero-order chi connectivity index (χ0) is 14.8. The minimum Gasteiger partial charge on any atom is -0.398 e. The molecule has 1 saturated carbocycles. The van der Waals surface area contributed by atoms with Gasteiger partial charge in [0.05, 0.1) is 11.0 Å². The summed E-state index contributed by atoms with van der Waals surface area (Å²) in [6.45, 7) is 2.25. The van der Waals surface area contributed by atoms with E-state index in [1.54, 1.807) is 12.1 Å². The van der Waals surface area contributed by atoms with Gasteiger partial charge in [0.2, 0.25) is 10.0 Å². The number of nitrogens with one attached hydrogen (secondary N) is 1. The van der Waals surface area contributed by atoms with Crippen molar-refractivity contribution in [3.05, 3.63) is 23.8 Å². The third-order valence-electron chi connectivity index (χ3n) is 3.96. The lowest BCUT2D eigenvalue weighted by atomic mass is 10.1. The van der Waals surface area contributed by atoms with E-state index < -0.39 is 16.1 Å². The molecule has 4 N–H and O–H groups in total. The predicted octanol–water partition coefficient (Wildman–Crippen LogP) is 1.27. The largest absolute Gasteiger partial charge is 0.398 e. The van der Waals surface area contributed by atoms with Gasteiger partial charge in [-0.05, 0) is 42.9 Å². The Morgan fingerprint density at radius 2 is 2.15 bits per heavy atom. The number of benzene rings is 1. The molecule has 0 radical (unpaired) electrons. The van der Waals surface area contributed by atoms with Crippen molar-refractivity contribution in [2.75, 3.05) is 12.3 Å². The van der Waals surface area contributed by atoms with Crippen LogP contribution >= 0.6 is 0 Å². The normalized spacial score (nSPS) is 23.1. The summed E-state index contributed by atoms with van der Waals surface area (Å²) in [4.78, 5) is 0.180. The first-order valence-corrected chi connectivity index (χ1v) is 8.48. The van der Waals surface area contributed by atoms with E-state index in [2.05, 4.69) is 4.72 Å². The van der Waals surface area contributed by atoms with E-state index in [9.17, 15) is 13.5 Å². The molecule has 0 amide bonds. The lowest BCUT2D eigenvalue weighted by molar-refractivity contribution is 0.134. The highest BCUT2D eigenvalue weighted by Gasteiger charge is 2.27. The molecule has 0 spiro atoms. The summed E-state index contributed by atoms with van der Waals surface area (Å²) in [7, 11) is -3.56. The number of aryl methyl sites for hydroxylation is 1. The molecule has 1 aliphatic rings. The standard InChI is InChI=1S/C14H22N2O3S/c1-2-10-6-7-12(8-13(10)15)20(18,19)16-9-11-4-3-5-14(11)17/h6-8,11,14,16-17H,2-5,9,15H2,1H3. The Labute approximate surface area is 120 Å². The lowest BCUT2D eigenvalue weighted by Crippen LogP contribution is -2.32. The van der Waals surface area contributed by atoms with Gasteiger partial charge in [0.1, 0.15) is 0 Å². The number of sulfonamides is 1. The molecular weight excluding hydrogens is 276 g/mol. The minimum absolute atomic E-state index is 0.0111. The zero-order valence-corrected chi connectivity index (χ0v) is 12.5. The number of hydrogen-bond donors (Lipinski definition) is 3. The van der Waals surface area contributed by atoms with Crippen molar-refractivity contribution in [2.24, 2.45) is 5.92 Å². The van der Waals surface area contributed by atoms with Gasteiger partial charge in [-0.15, -0.1) is 0 Å². The summed E-state index contributed by atoms with van der Waals surface area (Å²) in [6, 6.07) is 4.81. The molecule has 0 saturated heterocycles. The summed E-state index contributed by atoms with van der Waals surface area (Å²) in [5, 5.41) is 9.71. The Kier molecular flexibility index (Phi) is 4.67. The SMILES string of the molecule is CCc1ccc(S(=O)(=O)NCC2CCCC2O)cc1N. The van der Waals surface area contributed by atoms with Crippen LogP contribution in [0.2, 0.25) is 0 Å². The topological polar surface area (TPSA) is 92.4 Å². The molecule has 0 bridgehead atoms. The fourth-order valence-corrected chi connectivity index (χ4v) is 3.75. The molecular formula is C14H22N2O3S. The molecule has 1 aromatic rings. The van der Waals surface area contributed by atoms with Gasteiger partial charge in [-0.2, -0.15) is 0 Å². The Bertz CT molecular complexity index is 572. The van der Waals surface area contributed by atoms with E-state index in [-0.39, 0.29) is 17.4 Å². The number of nitrogens with two attached hydrogens (primary N) is 1. The van der Waals surface area contributed by atoms with Crippen LogP contribution < -0.4 is 10.5 Å². The molecule has 2 unspecified atom stereocenters. The van der Waals surface area contributed by atoms with E-state index in [0.29, 0.717) is 5.69 Å². The van der Waals surface area contributed by atoms with Gasteiger partial charge < -0.3 is 10.8 Å². The number of nitrogen functional groups attached to an aromatic ring is 1. The van der Waals surface area contributed by atoms with Crippen LogP contribution in [0.3, 0.4) is 0 Å². The molecule has 112 valence electrons. The number of rotatable bonds is 5. The van der Waals surface area contributed by atoms with Gasteiger partial charge in [-0.3, -0.25) is 0 Å². The molecule has 1 aliphatic carbocycles. The molecule has 20 heavy (non-hydrogen) atoms. The summed E-state index contributed by atoms with van der Waals surface area (Å²) >= 11 is 0. The van der Waals surface area contributed by atoms with Crippen molar-refractivity contribution < 1.29 is 13.5 Å². The third-order valence-corrected chi connectivity index (χ3v) is 5.38. The number of anilines is 1. The zero-order valence-electron chi connectivity index (χ0n) is 11.7. The second-order valence-corrected chi connectivity index (χ2v) is 7.09. The van der Waals surface area contributed by atoms with Crippen molar-refractivity contribution in [2.45, 2.75) is 43.6 Å². The average Bonchev–Trinajstić information content (AvgIpc) is 2.82. The van der Waals surface area contributed by atoms with Crippen LogP contribution in [0.1, 0.15) is 31.7 Å². The van der Waals surface area contributed by atoms with Crippen LogP contribution in [-0.2, 0) is 16.4 Å². The van der Waals surface area contributed by atoms with Gasteiger partial charge in [-0.25, -0.2) is 13.1 Å². The summed E-state index contributed by atoms with van der Waals surface area (Å²) in [5.41, 5.74) is 7.27. The van der Waals surface area contributed by atoms with Crippen LogP contribution in [0.15, 0.2) is 23.1 Å². The monoisotopic (exact) mass is 298 g/mol. The highest BCUT2D eigenvalue weighted by atomic mass is 32.2. The first kappa shape index (κ1) is 15.3. The highest BCUT2D eigenvalue weighted by Crippen LogP contribution is 2.25. The quantitative estimate of drug-likeness (QED) is 0.714. The van der Waals surface area contributed by atoms with E-state index in [0.717, 1.165) is 31.2 Å². The Morgan fingerprint density at radius 3 is 2.70 bits per heavy atom. The number of aliphatic hydroxyl groups is 1. The molecule has 1 fully saturated rings. The first-order chi connectivity index (χ1) is 9.44. The van der Waals surface area contributed by atoms with Crippen molar-refractivity contribution in [3.63, 3.8) is 0 Å². The molecule has 2 rings (SSSR count). The van der Waals surface area contributed by atoms with Crippen LogP contribution in [0.25, 0.3) is 0 Å². The maximum absolute atomic E-state index is 12.2. The van der Waals surface area contributed by atoms with Crippen molar-refractivity contribution >= 4 is 15.7 Å². The molecule has 5 nitrogen and oxygen atoms in total.